The van der Waals surface area contributed by atoms with E-state index in [9.17, 15) is 0 Å². The van der Waals surface area contributed by atoms with E-state index in [1.807, 2.05) is 31.2 Å². The highest BCUT2D eigenvalue weighted by atomic mass is 32.2. The number of anilines is 1. The summed E-state index contributed by atoms with van der Waals surface area (Å²) in [6, 6.07) is 13.3. The molecule has 0 unspecified atom stereocenters. The zero-order valence-electron chi connectivity index (χ0n) is 10.8. The van der Waals surface area contributed by atoms with Crippen molar-refractivity contribution >= 4 is 28.5 Å². The molecule has 0 aliphatic rings. The molecule has 2 aromatic carbocycles. The third kappa shape index (κ3) is 2.33. The lowest BCUT2D eigenvalue weighted by atomic mass is 10.2. The SMILES string of the molecule is Cc1ccc(Sc2nc3ccc(N)cc3o2)c(C#N)c1. The minimum atomic E-state index is 0.506. The Hall–Kier alpha value is -2.45. The molecule has 2 N–H and O–H groups in total. The van der Waals surface area contributed by atoms with E-state index in [2.05, 4.69) is 11.1 Å². The first-order valence-corrected chi connectivity index (χ1v) is 6.82. The van der Waals surface area contributed by atoms with E-state index in [4.69, 9.17) is 15.4 Å². The van der Waals surface area contributed by atoms with Gasteiger partial charge in [0, 0.05) is 16.6 Å². The van der Waals surface area contributed by atoms with E-state index >= 15 is 0 Å². The molecule has 20 heavy (non-hydrogen) atoms. The molecule has 0 saturated carbocycles. The normalized spacial score (nSPS) is 10.6. The van der Waals surface area contributed by atoms with E-state index in [1.165, 1.54) is 11.8 Å². The van der Waals surface area contributed by atoms with Gasteiger partial charge in [0.15, 0.2) is 5.58 Å². The lowest BCUT2D eigenvalue weighted by molar-refractivity contribution is 0.489. The fourth-order valence-corrected chi connectivity index (χ4v) is 2.69. The zero-order valence-corrected chi connectivity index (χ0v) is 11.6. The summed E-state index contributed by atoms with van der Waals surface area (Å²) in [6.45, 7) is 1.96. The smallest absolute Gasteiger partial charge is 0.261 e. The van der Waals surface area contributed by atoms with Crippen LogP contribution < -0.4 is 5.73 Å². The van der Waals surface area contributed by atoms with Crippen molar-refractivity contribution in [1.29, 1.82) is 5.26 Å². The number of oxazole rings is 1. The molecule has 3 aromatic rings. The number of aryl methyl sites for hydroxylation is 1. The van der Waals surface area contributed by atoms with Crippen molar-refractivity contribution in [2.75, 3.05) is 5.73 Å². The Bertz CT molecular complexity index is 833. The van der Waals surface area contributed by atoms with Gasteiger partial charge in [-0.3, -0.25) is 0 Å². The zero-order chi connectivity index (χ0) is 14.1. The van der Waals surface area contributed by atoms with Crippen molar-refractivity contribution in [2.24, 2.45) is 0 Å². The molecule has 3 rings (SSSR count). The topological polar surface area (TPSA) is 75.8 Å². The molecule has 0 atom stereocenters. The highest BCUT2D eigenvalue weighted by molar-refractivity contribution is 7.99. The molecular formula is C15H11N3OS. The van der Waals surface area contributed by atoms with Gasteiger partial charge in [0.25, 0.3) is 5.22 Å². The first kappa shape index (κ1) is 12.6. The molecule has 0 saturated heterocycles. The molecule has 0 fully saturated rings. The largest absolute Gasteiger partial charge is 0.431 e. The standard InChI is InChI=1S/C15H11N3OS/c1-9-2-5-14(10(6-9)8-16)20-15-18-12-4-3-11(17)7-13(12)19-15/h2-7H,17H2,1H3. The first-order valence-electron chi connectivity index (χ1n) is 6.00. The maximum absolute atomic E-state index is 9.17. The van der Waals surface area contributed by atoms with Gasteiger partial charge in [0.2, 0.25) is 0 Å². The summed E-state index contributed by atoms with van der Waals surface area (Å²) in [6.07, 6.45) is 0. The molecule has 0 aliphatic carbocycles. The van der Waals surface area contributed by atoms with Crippen LogP contribution in [0.25, 0.3) is 11.1 Å². The van der Waals surface area contributed by atoms with Gasteiger partial charge in [-0.1, -0.05) is 6.07 Å². The van der Waals surface area contributed by atoms with Crippen molar-refractivity contribution in [3.8, 4) is 6.07 Å². The van der Waals surface area contributed by atoms with Crippen LogP contribution in [0.3, 0.4) is 0 Å². The molecule has 0 radical (unpaired) electrons. The third-order valence-corrected chi connectivity index (χ3v) is 3.77. The third-order valence-electron chi connectivity index (χ3n) is 2.85. The number of hydrogen-bond acceptors (Lipinski definition) is 5. The van der Waals surface area contributed by atoms with E-state index in [1.54, 1.807) is 12.1 Å². The molecule has 0 amide bonds. The first-order chi connectivity index (χ1) is 9.65. The minimum Gasteiger partial charge on any atom is -0.431 e. The van der Waals surface area contributed by atoms with Crippen LogP contribution in [0.15, 0.2) is 50.9 Å². The monoisotopic (exact) mass is 281 g/mol. The van der Waals surface area contributed by atoms with Gasteiger partial charge in [-0.2, -0.15) is 5.26 Å². The van der Waals surface area contributed by atoms with Gasteiger partial charge in [0.1, 0.15) is 11.6 Å². The maximum Gasteiger partial charge on any atom is 0.261 e. The summed E-state index contributed by atoms with van der Waals surface area (Å²) in [5.41, 5.74) is 9.43. The van der Waals surface area contributed by atoms with Crippen molar-refractivity contribution in [3.63, 3.8) is 0 Å². The fourth-order valence-electron chi connectivity index (χ4n) is 1.88. The van der Waals surface area contributed by atoms with Gasteiger partial charge >= 0.3 is 0 Å². The van der Waals surface area contributed by atoms with Gasteiger partial charge in [-0.05, 0) is 48.5 Å². The lowest BCUT2D eigenvalue weighted by Crippen LogP contribution is -1.83. The molecule has 0 aliphatic heterocycles. The number of benzene rings is 2. The number of nitriles is 1. The summed E-state index contributed by atoms with van der Waals surface area (Å²) < 4.78 is 5.64. The van der Waals surface area contributed by atoms with Gasteiger partial charge < -0.3 is 10.2 Å². The Morgan fingerprint density at radius 3 is 2.90 bits per heavy atom. The molecule has 1 heterocycles. The van der Waals surface area contributed by atoms with Crippen LogP contribution in [0.2, 0.25) is 0 Å². The number of hydrogen-bond donors (Lipinski definition) is 1. The van der Waals surface area contributed by atoms with Gasteiger partial charge in [-0.15, -0.1) is 0 Å². The summed E-state index contributed by atoms with van der Waals surface area (Å²) in [7, 11) is 0. The predicted molar refractivity (Wildman–Crippen MR) is 78.4 cm³/mol. The van der Waals surface area contributed by atoms with Crippen molar-refractivity contribution < 1.29 is 4.42 Å². The average Bonchev–Trinajstić information content (AvgIpc) is 2.82. The highest BCUT2D eigenvalue weighted by Gasteiger charge is 2.10. The van der Waals surface area contributed by atoms with E-state index in [0.29, 0.717) is 22.1 Å². The van der Waals surface area contributed by atoms with Crippen molar-refractivity contribution in [2.45, 2.75) is 17.0 Å². The summed E-state index contributed by atoms with van der Waals surface area (Å²) in [5.74, 6) is 0. The molecule has 1 aromatic heterocycles. The second kappa shape index (κ2) is 4.91. The fraction of sp³-hybridized carbons (Fsp3) is 0.0667. The molecular weight excluding hydrogens is 270 g/mol. The number of nitrogen functional groups attached to an aromatic ring is 1. The number of aromatic nitrogens is 1. The molecule has 4 nitrogen and oxygen atoms in total. The van der Waals surface area contributed by atoms with Crippen LogP contribution in [0, 0.1) is 18.3 Å². The number of nitrogens with two attached hydrogens (primary N) is 1. The van der Waals surface area contributed by atoms with Gasteiger partial charge in [-0.25, -0.2) is 4.98 Å². The van der Waals surface area contributed by atoms with Crippen LogP contribution in [0.1, 0.15) is 11.1 Å². The molecule has 0 spiro atoms. The van der Waals surface area contributed by atoms with Crippen LogP contribution in [-0.2, 0) is 0 Å². The van der Waals surface area contributed by atoms with Crippen LogP contribution in [0.5, 0.6) is 0 Å². The Labute approximate surface area is 120 Å². The summed E-state index contributed by atoms with van der Waals surface area (Å²) >= 11 is 1.34. The summed E-state index contributed by atoms with van der Waals surface area (Å²) in [4.78, 5) is 5.21. The van der Waals surface area contributed by atoms with Gasteiger partial charge in [0.05, 0.1) is 5.56 Å². The van der Waals surface area contributed by atoms with Crippen molar-refractivity contribution in [1.82, 2.24) is 4.98 Å². The van der Waals surface area contributed by atoms with Crippen LogP contribution in [-0.4, -0.2) is 4.98 Å². The Morgan fingerprint density at radius 1 is 1.25 bits per heavy atom. The van der Waals surface area contributed by atoms with Crippen LogP contribution >= 0.6 is 11.8 Å². The van der Waals surface area contributed by atoms with E-state index in [-0.39, 0.29) is 0 Å². The van der Waals surface area contributed by atoms with E-state index in [0.717, 1.165) is 16.0 Å². The Morgan fingerprint density at radius 2 is 2.10 bits per heavy atom. The number of rotatable bonds is 2. The lowest BCUT2D eigenvalue weighted by Gasteiger charge is -2.01. The number of fused-ring (bicyclic) bond motifs is 1. The maximum atomic E-state index is 9.17. The highest BCUT2D eigenvalue weighted by Crippen LogP contribution is 2.32. The van der Waals surface area contributed by atoms with Crippen molar-refractivity contribution in [3.05, 3.63) is 47.5 Å². The second-order valence-corrected chi connectivity index (χ2v) is 5.41. The summed E-state index contributed by atoms with van der Waals surface area (Å²) in [5, 5.41) is 9.67. The molecule has 5 heteroatoms. The predicted octanol–water partition coefficient (Wildman–Crippen LogP) is 3.74. The Balaban J connectivity index is 1.99. The second-order valence-electron chi connectivity index (χ2n) is 4.42. The quantitative estimate of drug-likeness (QED) is 0.724. The average molecular weight is 281 g/mol. The minimum absolute atomic E-state index is 0.506. The number of nitrogens with zero attached hydrogens (tertiary/aromatic N) is 2. The van der Waals surface area contributed by atoms with E-state index < -0.39 is 0 Å². The Kier molecular flexibility index (Phi) is 3.09. The molecule has 0 bridgehead atoms. The molecule has 98 valence electrons. The van der Waals surface area contributed by atoms with Crippen LogP contribution in [0.4, 0.5) is 5.69 Å².